The largest absolute Gasteiger partial charge is 0.454 e. The van der Waals surface area contributed by atoms with Gasteiger partial charge in [0.2, 0.25) is 0 Å². The standard InChI is InChI=1S/C12H12O3/c13-10-8-12(14)15-11(10)7-6-9-4-2-1-3-5-9/h1-5,11H,6-8H2. The third-order valence-electron chi connectivity index (χ3n) is 2.49. The summed E-state index contributed by atoms with van der Waals surface area (Å²) >= 11 is 0. The van der Waals surface area contributed by atoms with Gasteiger partial charge < -0.3 is 4.74 Å². The average molecular weight is 204 g/mol. The van der Waals surface area contributed by atoms with Crippen LogP contribution in [-0.2, 0) is 20.7 Å². The summed E-state index contributed by atoms with van der Waals surface area (Å²) in [5.41, 5.74) is 1.16. The van der Waals surface area contributed by atoms with Gasteiger partial charge in [-0.25, -0.2) is 0 Å². The molecule has 0 radical (unpaired) electrons. The number of hydrogen-bond donors (Lipinski definition) is 0. The van der Waals surface area contributed by atoms with Gasteiger partial charge in [-0.15, -0.1) is 0 Å². The maximum Gasteiger partial charge on any atom is 0.314 e. The van der Waals surface area contributed by atoms with Gasteiger partial charge in [-0.1, -0.05) is 30.3 Å². The number of carbonyl (C=O) groups excluding carboxylic acids is 2. The van der Waals surface area contributed by atoms with E-state index in [-0.39, 0.29) is 12.2 Å². The Morgan fingerprint density at radius 1 is 1.20 bits per heavy atom. The molecule has 1 unspecified atom stereocenters. The van der Waals surface area contributed by atoms with E-state index in [1.54, 1.807) is 0 Å². The van der Waals surface area contributed by atoms with Gasteiger partial charge in [0, 0.05) is 0 Å². The molecule has 0 N–H and O–H groups in total. The van der Waals surface area contributed by atoms with Crippen molar-refractivity contribution in [3.63, 3.8) is 0 Å². The van der Waals surface area contributed by atoms with Gasteiger partial charge in [-0.05, 0) is 18.4 Å². The van der Waals surface area contributed by atoms with Crippen LogP contribution in [0.1, 0.15) is 18.4 Å². The molecule has 1 aliphatic rings. The van der Waals surface area contributed by atoms with E-state index in [0.717, 1.165) is 12.0 Å². The number of aryl methyl sites for hydroxylation is 1. The molecule has 0 aliphatic carbocycles. The molecule has 1 fully saturated rings. The van der Waals surface area contributed by atoms with E-state index in [1.807, 2.05) is 30.3 Å². The number of esters is 1. The minimum Gasteiger partial charge on any atom is -0.454 e. The first-order chi connectivity index (χ1) is 7.25. The topological polar surface area (TPSA) is 43.4 Å². The van der Waals surface area contributed by atoms with Crippen molar-refractivity contribution < 1.29 is 14.3 Å². The molecule has 15 heavy (non-hydrogen) atoms. The first-order valence-corrected chi connectivity index (χ1v) is 5.02. The zero-order chi connectivity index (χ0) is 10.7. The monoisotopic (exact) mass is 204 g/mol. The van der Waals surface area contributed by atoms with E-state index >= 15 is 0 Å². The lowest BCUT2D eigenvalue weighted by molar-refractivity contribution is -0.142. The minimum absolute atomic E-state index is 0.0561. The molecular formula is C12H12O3. The summed E-state index contributed by atoms with van der Waals surface area (Å²) in [6.45, 7) is 0. The van der Waals surface area contributed by atoms with Crippen molar-refractivity contribution >= 4 is 11.8 Å². The van der Waals surface area contributed by atoms with Crippen LogP contribution < -0.4 is 0 Å². The van der Waals surface area contributed by atoms with Crippen molar-refractivity contribution in [3.05, 3.63) is 35.9 Å². The summed E-state index contributed by atoms with van der Waals surface area (Å²) in [6, 6.07) is 9.86. The lowest BCUT2D eigenvalue weighted by atomic mass is 10.0. The number of benzene rings is 1. The molecule has 1 atom stereocenters. The number of cyclic esters (lactones) is 1. The van der Waals surface area contributed by atoms with Gasteiger partial charge in [-0.3, -0.25) is 9.59 Å². The normalized spacial score (nSPS) is 20.4. The zero-order valence-corrected chi connectivity index (χ0v) is 8.31. The summed E-state index contributed by atoms with van der Waals surface area (Å²) in [4.78, 5) is 22.1. The maximum atomic E-state index is 11.3. The number of rotatable bonds is 3. The van der Waals surface area contributed by atoms with Gasteiger partial charge in [0.05, 0.1) is 0 Å². The van der Waals surface area contributed by atoms with E-state index in [0.29, 0.717) is 6.42 Å². The van der Waals surface area contributed by atoms with E-state index in [1.165, 1.54) is 0 Å². The van der Waals surface area contributed by atoms with Gasteiger partial charge in [-0.2, -0.15) is 0 Å². The molecule has 1 aromatic rings. The van der Waals surface area contributed by atoms with E-state index in [4.69, 9.17) is 4.74 Å². The first kappa shape index (κ1) is 9.90. The predicted octanol–water partition coefficient (Wildman–Crippen LogP) is 1.50. The predicted molar refractivity (Wildman–Crippen MR) is 54.3 cm³/mol. The van der Waals surface area contributed by atoms with Gasteiger partial charge in [0.15, 0.2) is 11.9 Å². The van der Waals surface area contributed by atoms with Crippen LogP contribution in [0.3, 0.4) is 0 Å². The molecule has 1 aromatic carbocycles. The third-order valence-corrected chi connectivity index (χ3v) is 2.49. The van der Waals surface area contributed by atoms with Crippen molar-refractivity contribution in [1.29, 1.82) is 0 Å². The molecule has 3 nitrogen and oxygen atoms in total. The fraction of sp³-hybridized carbons (Fsp3) is 0.333. The number of ketones is 1. The molecule has 2 rings (SSSR count). The lowest BCUT2D eigenvalue weighted by Crippen LogP contribution is -2.16. The lowest BCUT2D eigenvalue weighted by Gasteiger charge is -2.07. The molecule has 3 heteroatoms. The van der Waals surface area contributed by atoms with Crippen molar-refractivity contribution in [3.8, 4) is 0 Å². The molecule has 78 valence electrons. The molecule has 0 aromatic heterocycles. The fourth-order valence-corrected chi connectivity index (χ4v) is 1.68. The highest BCUT2D eigenvalue weighted by atomic mass is 16.6. The molecule has 0 amide bonds. The van der Waals surface area contributed by atoms with Crippen molar-refractivity contribution in [1.82, 2.24) is 0 Å². The highest BCUT2D eigenvalue weighted by molar-refractivity contribution is 6.03. The Hall–Kier alpha value is -1.64. The Balaban J connectivity index is 1.89. The molecular weight excluding hydrogens is 192 g/mol. The Bertz CT molecular complexity index is 370. The van der Waals surface area contributed by atoms with Crippen LogP contribution in [0, 0.1) is 0 Å². The zero-order valence-electron chi connectivity index (χ0n) is 8.31. The van der Waals surface area contributed by atoms with E-state index in [2.05, 4.69) is 0 Å². The number of hydrogen-bond acceptors (Lipinski definition) is 3. The SMILES string of the molecule is O=C1CC(=O)C(CCc2ccccc2)O1. The van der Waals surface area contributed by atoms with Crippen LogP contribution in [0.15, 0.2) is 30.3 Å². The summed E-state index contributed by atoms with van der Waals surface area (Å²) in [5, 5.41) is 0. The van der Waals surface area contributed by atoms with E-state index < -0.39 is 12.1 Å². The Labute approximate surface area is 88.1 Å². The van der Waals surface area contributed by atoms with Gasteiger partial charge in [0.1, 0.15) is 6.42 Å². The average Bonchev–Trinajstić information content (AvgIpc) is 2.56. The number of Topliss-reactive ketones (excluding diaryl/α,β-unsaturated/α-hetero) is 1. The van der Waals surface area contributed by atoms with Gasteiger partial charge >= 0.3 is 5.97 Å². The Kier molecular flexibility index (Phi) is 2.81. The summed E-state index contributed by atoms with van der Waals surface area (Å²) < 4.78 is 4.91. The second kappa shape index (κ2) is 4.26. The first-order valence-electron chi connectivity index (χ1n) is 5.02. The highest BCUT2D eigenvalue weighted by Gasteiger charge is 2.31. The third kappa shape index (κ3) is 2.43. The fourth-order valence-electron chi connectivity index (χ4n) is 1.68. The summed E-state index contributed by atoms with van der Waals surface area (Å²) in [5.74, 6) is -0.478. The maximum absolute atomic E-state index is 11.3. The number of carbonyl (C=O) groups is 2. The molecule has 1 aliphatic heterocycles. The molecule has 0 saturated carbocycles. The van der Waals surface area contributed by atoms with Crippen molar-refractivity contribution in [2.24, 2.45) is 0 Å². The molecule has 0 bridgehead atoms. The smallest absolute Gasteiger partial charge is 0.314 e. The van der Waals surface area contributed by atoms with Crippen LogP contribution >= 0.6 is 0 Å². The summed E-state index contributed by atoms with van der Waals surface area (Å²) in [6.07, 6.45) is 0.788. The highest BCUT2D eigenvalue weighted by Crippen LogP contribution is 2.15. The second-order valence-corrected chi connectivity index (χ2v) is 3.65. The quantitative estimate of drug-likeness (QED) is 0.553. The molecule has 1 saturated heterocycles. The second-order valence-electron chi connectivity index (χ2n) is 3.65. The number of ether oxygens (including phenoxy) is 1. The molecule has 1 heterocycles. The Morgan fingerprint density at radius 3 is 2.53 bits per heavy atom. The van der Waals surface area contributed by atoms with Crippen molar-refractivity contribution in [2.75, 3.05) is 0 Å². The van der Waals surface area contributed by atoms with Gasteiger partial charge in [0.25, 0.3) is 0 Å². The minimum atomic E-state index is -0.516. The molecule has 0 spiro atoms. The van der Waals surface area contributed by atoms with Crippen LogP contribution in [-0.4, -0.2) is 17.9 Å². The summed E-state index contributed by atoms with van der Waals surface area (Å²) in [7, 11) is 0. The van der Waals surface area contributed by atoms with E-state index in [9.17, 15) is 9.59 Å². The van der Waals surface area contributed by atoms with Crippen LogP contribution in [0.2, 0.25) is 0 Å². The van der Waals surface area contributed by atoms with Crippen molar-refractivity contribution in [2.45, 2.75) is 25.4 Å². The Morgan fingerprint density at radius 2 is 1.93 bits per heavy atom. The van der Waals surface area contributed by atoms with Crippen LogP contribution in [0.4, 0.5) is 0 Å². The van der Waals surface area contributed by atoms with Crippen LogP contribution in [0.25, 0.3) is 0 Å². The van der Waals surface area contributed by atoms with Crippen LogP contribution in [0.5, 0.6) is 0 Å².